The van der Waals surface area contributed by atoms with Gasteiger partial charge in [-0.1, -0.05) is 66.7 Å². The summed E-state index contributed by atoms with van der Waals surface area (Å²) in [4.78, 5) is 13.1. The second-order valence-corrected chi connectivity index (χ2v) is 22.9. The zero-order valence-corrected chi connectivity index (χ0v) is 45.3. The summed E-state index contributed by atoms with van der Waals surface area (Å²) in [5.41, 5.74) is 8.84. The zero-order chi connectivity index (χ0) is 53.5. The number of rotatable bonds is 14. The lowest BCUT2D eigenvalue weighted by Gasteiger charge is -2.32. The van der Waals surface area contributed by atoms with Crippen LogP contribution in [0.4, 0.5) is 17.6 Å². The number of hydrogen-bond acceptors (Lipinski definition) is 5. The van der Waals surface area contributed by atoms with Crippen LogP contribution >= 0.6 is 0 Å². The van der Waals surface area contributed by atoms with Crippen LogP contribution in [0, 0.1) is 115 Å². The molecular weight excluding hydrogens is 937 g/mol. The Hall–Kier alpha value is -6.35. The third-order valence-corrected chi connectivity index (χ3v) is 16.7. The fourth-order valence-electron chi connectivity index (χ4n) is 13.6. The first-order valence-corrected chi connectivity index (χ1v) is 26.2. The predicted octanol–water partition coefficient (Wildman–Crippen LogP) is 17.3. The fraction of sp³-hybridized carbons (Fsp3) is 0.400. The minimum absolute atomic E-state index is 0.161. The van der Waals surface area contributed by atoms with Crippen molar-refractivity contribution >= 4 is 12.0 Å². The van der Waals surface area contributed by atoms with Crippen LogP contribution in [0.5, 0.6) is 28.7 Å². The minimum atomic E-state index is -1.85. The van der Waals surface area contributed by atoms with Crippen molar-refractivity contribution in [1.82, 2.24) is 0 Å². The highest BCUT2D eigenvalue weighted by atomic mass is 19.2. The number of halogens is 4. The van der Waals surface area contributed by atoms with Crippen LogP contribution < -0.4 is 18.9 Å². The number of esters is 1. The quantitative estimate of drug-likeness (QED) is 0.0471. The molecule has 0 amide bonds. The van der Waals surface area contributed by atoms with Gasteiger partial charge in [0.1, 0.15) is 34.2 Å². The monoisotopic (exact) mass is 1010 g/mol. The highest BCUT2D eigenvalue weighted by Gasteiger charge is 2.59. The molecule has 0 radical (unpaired) electrons. The summed E-state index contributed by atoms with van der Waals surface area (Å²) in [5.74, 6) is -3.06. The van der Waals surface area contributed by atoms with Crippen molar-refractivity contribution in [2.75, 3.05) is 0 Å². The Bertz CT molecular complexity index is 3100. The lowest BCUT2D eigenvalue weighted by atomic mass is 9.75. The van der Waals surface area contributed by atoms with Gasteiger partial charge in [0.2, 0.25) is 17.4 Å². The number of carbonyl (C=O) groups excluding carboxylic acids is 1. The predicted molar refractivity (Wildman–Crippen MR) is 286 cm³/mol. The molecule has 0 saturated heterocycles. The average Bonchev–Trinajstić information content (AvgIpc) is 4.04. The van der Waals surface area contributed by atoms with E-state index in [0.29, 0.717) is 74.8 Å². The van der Waals surface area contributed by atoms with Gasteiger partial charge in [-0.3, -0.25) is 0 Å². The van der Waals surface area contributed by atoms with E-state index in [0.717, 1.165) is 70.4 Å². The normalized spacial score (nSPS) is 20.2. The Kier molecular flexibility index (Phi) is 14.0. The standard InChI is InChI=1S/C65H70F4O5/c1-15-42-16-18-44(19-17-42)63(70)72-59-36(5)26-43(27-37(59)6)32-45-20-21-48-49-22-23-50(51(45)48)52(49)46-28-38(7)58(39(8)29-46)71-62-56(68)54(66)53(55(67)57(62)69)65(13,14)74-61-40(9)30-47(31-41(61)10)64(11,12)73-60-34(3)24-33(2)25-35(60)4/h15-19,24-31,45,48-52H,1,20-23,32H2,2-14H3. The summed E-state index contributed by atoms with van der Waals surface area (Å²) in [6.45, 7) is 27.9. The zero-order valence-electron chi connectivity index (χ0n) is 45.3. The van der Waals surface area contributed by atoms with E-state index in [-0.39, 0.29) is 5.75 Å². The second kappa shape index (κ2) is 19.7. The second-order valence-electron chi connectivity index (χ2n) is 22.9. The van der Waals surface area contributed by atoms with Crippen molar-refractivity contribution in [3.8, 4) is 28.7 Å². The molecule has 2 bridgehead atoms. The Balaban J connectivity index is 0.903. The van der Waals surface area contributed by atoms with Crippen molar-refractivity contribution in [3.63, 3.8) is 0 Å². The van der Waals surface area contributed by atoms with Crippen LogP contribution in [0.25, 0.3) is 6.08 Å². The molecule has 3 fully saturated rings. The lowest BCUT2D eigenvalue weighted by Crippen LogP contribution is -2.31. The van der Waals surface area contributed by atoms with Gasteiger partial charge in [-0.15, -0.1) is 0 Å². The van der Waals surface area contributed by atoms with Crippen molar-refractivity contribution in [2.45, 2.75) is 139 Å². The number of benzene rings is 6. The van der Waals surface area contributed by atoms with E-state index in [1.165, 1.54) is 31.4 Å². The molecule has 0 heterocycles. The maximum Gasteiger partial charge on any atom is 0.343 e. The van der Waals surface area contributed by atoms with Gasteiger partial charge in [0.25, 0.3) is 0 Å². The summed E-state index contributed by atoms with van der Waals surface area (Å²) >= 11 is 0. The SMILES string of the molecule is C=Cc1ccc(C(=O)Oc2c(C)cc(CC3CCC4C5CCC(C5c5cc(C)c(Oc6c(F)c(F)c(C(C)(C)Oc7c(C)cc(C(C)(C)Oc8c(C)cc(C)cc8C)cc7C)c(F)c6F)c(C)c5)C34)cc2C)cc1. The molecule has 6 aromatic rings. The maximum absolute atomic E-state index is 16.4. The van der Waals surface area contributed by atoms with E-state index in [2.05, 4.69) is 30.8 Å². The maximum atomic E-state index is 16.4. The molecule has 0 spiro atoms. The van der Waals surface area contributed by atoms with E-state index < -0.39 is 51.8 Å². The largest absolute Gasteiger partial charge is 0.483 e. The van der Waals surface area contributed by atoms with Gasteiger partial charge in [-0.2, -0.15) is 8.78 Å². The number of hydrogen-bond donors (Lipinski definition) is 0. The van der Waals surface area contributed by atoms with Crippen LogP contribution in [0.2, 0.25) is 0 Å². The molecule has 9 heteroatoms. The molecule has 6 unspecified atom stereocenters. The van der Waals surface area contributed by atoms with Crippen LogP contribution in [0.1, 0.15) is 148 Å². The molecule has 3 aliphatic carbocycles. The first-order valence-electron chi connectivity index (χ1n) is 26.2. The number of ether oxygens (including phenoxy) is 4. The van der Waals surface area contributed by atoms with Crippen molar-refractivity contribution in [1.29, 1.82) is 0 Å². The first-order chi connectivity index (χ1) is 34.9. The Labute approximate surface area is 435 Å². The van der Waals surface area contributed by atoms with Crippen molar-refractivity contribution in [2.24, 2.45) is 29.6 Å². The summed E-state index contributed by atoms with van der Waals surface area (Å²) < 4.78 is 90.1. The summed E-state index contributed by atoms with van der Waals surface area (Å²) in [5, 5.41) is 0. The lowest BCUT2D eigenvalue weighted by molar-refractivity contribution is 0.0732. The Morgan fingerprint density at radius 1 is 0.568 bits per heavy atom. The molecule has 0 aromatic heterocycles. The first kappa shape index (κ1) is 52.5. The van der Waals surface area contributed by atoms with Crippen LogP contribution in [0.15, 0.2) is 79.4 Å². The van der Waals surface area contributed by atoms with Crippen LogP contribution in [-0.4, -0.2) is 5.97 Å². The van der Waals surface area contributed by atoms with Gasteiger partial charge in [-0.05, 0) is 249 Å². The fourth-order valence-corrected chi connectivity index (χ4v) is 13.6. The molecule has 3 aliphatic rings. The van der Waals surface area contributed by atoms with Gasteiger partial charge < -0.3 is 18.9 Å². The van der Waals surface area contributed by atoms with Gasteiger partial charge in [0, 0.05) is 0 Å². The highest BCUT2D eigenvalue weighted by Crippen LogP contribution is 2.67. The van der Waals surface area contributed by atoms with Gasteiger partial charge >= 0.3 is 5.97 Å². The van der Waals surface area contributed by atoms with E-state index in [9.17, 15) is 4.79 Å². The van der Waals surface area contributed by atoms with Crippen LogP contribution in [-0.2, 0) is 17.6 Å². The van der Waals surface area contributed by atoms with Crippen molar-refractivity contribution < 1.29 is 41.3 Å². The van der Waals surface area contributed by atoms with E-state index >= 15 is 17.6 Å². The Morgan fingerprint density at radius 2 is 1.05 bits per heavy atom. The summed E-state index contributed by atoms with van der Waals surface area (Å²) in [6.07, 6.45) is 7.31. The van der Waals surface area contributed by atoms with Gasteiger partial charge in [-0.25, -0.2) is 13.6 Å². The molecule has 0 aliphatic heterocycles. The van der Waals surface area contributed by atoms with Gasteiger partial charge in [0.05, 0.1) is 11.1 Å². The smallest absolute Gasteiger partial charge is 0.343 e. The third kappa shape index (κ3) is 9.53. The molecule has 5 nitrogen and oxygen atoms in total. The van der Waals surface area contributed by atoms with Crippen LogP contribution in [0.3, 0.4) is 0 Å². The van der Waals surface area contributed by atoms with E-state index in [1.54, 1.807) is 18.2 Å². The summed E-state index contributed by atoms with van der Waals surface area (Å²) in [7, 11) is 0. The molecule has 74 heavy (non-hydrogen) atoms. The summed E-state index contributed by atoms with van der Waals surface area (Å²) in [6, 6.07) is 23.6. The molecular formula is C65H70F4O5. The number of carbonyl (C=O) groups is 1. The topological polar surface area (TPSA) is 54.0 Å². The molecule has 3 saturated carbocycles. The number of aryl methyl sites for hydroxylation is 9. The van der Waals surface area contributed by atoms with Crippen molar-refractivity contribution in [3.05, 3.63) is 186 Å². The molecule has 9 rings (SSSR count). The molecule has 6 atom stereocenters. The molecule has 0 N–H and O–H groups in total. The van der Waals surface area contributed by atoms with Gasteiger partial charge in [0.15, 0.2) is 11.6 Å². The molecule has 388 valence electrons. The van der Waals surface area contributed by atoms with E-state index in [1.807, 2.05) is 113 Å². The molecule has 6 aromatic carbocycles. The Morgan fingerprint density at radius 3 is 1.61 bits per heavy atom. The van der Waals surface area contributed by atoms with E-state index in [4.69, 9.17) is 18.9 Å². The average molecular weight is 1010 g/mol. The third-order valence-electron chi connectivity index (χ3n) is 16.7. The highest BCUT2D eigenvalue weighted by molar-refractivity contribution is 5.91. The number of fused-ring (bicyclic) bond motifs is 5. The minimum Gasteiger partial charge on any atom is -0.483 e.